The standard InChI is InChI=1S/C22H22FNO3/c1-26-19-9-15-14-8-12(23)5-6-13(14)21-17(16(15)10-20(19)27-2)11-24-7-3-4-18(24)22(21)25/h5-6,8-10,18,22,25H,3-4,7,11H2,1-2H3/t18-,22+/m1/s1. The van der Waals surface area contributed by atoms with Crippen LogP contribution >= 0.6 is 0 Å². The van der Waals surface area contributed by atoms with Gasteiger partial charge in [0.05, 0.1) is 20.3 Å². The van der Waals surface area contributed by atoms with Gasteiger partial charge in [0.25, 0.3) is 0 Å². The normalized spacial score (nSPS) is 22.1. The summed E-state index contributed by atoms with van der Waals surface area (Å²) in [5, 5.41) is 14.8. The van der Waals surface area contributed by atoms with Gasteiger partial charge in [0, 0.05) is 12.6 Å². The van der Waals surface area contributed by atoms with Gasteiger partial charge in [-0.15, -0.1) is 0 Å². The Balaban J connectivity index is 1.93. The lowest BCUT2D eigenvalue weighted by atomic mass is 9.83. The molecular weight excluding hydrogens is 345 g/mol. The van der Waals surface area contributed by atoms with Crippen LogP contribution in [0.1, 0.15) is 30.1 Å². The molecule has 1 N–H and O–H groups in total. The maximum absolute atomic E-state index is 14.1. The van der Waals surface area contributed by atoms with Crippen molar-refractivity contribution in [3.8, 4) is 11.5 Å². The van der Waals surface area contributed by atoms with Crippen molar-refractivity contribution in [3.05, 3.63) is 47.3 Å². The van der Waals surface area contributed by atoms with Crippen molar-refractivity contribution in [1.82, 2.24) is 4.90 Å². The SMILES string of the molecule is COc1cc2c3c(c4ccc(F)cc4c2cc1OC)[C@@H](O)[C@H]1CCCN1C3. The van der Waals surface area contributed by atoms with E-state index in [1.165, 1.54) is 6.07 Å². The van der Waals surface area contributed by atoms with E-state index in [1.54, 1.807) is 26.4 Å². The molecule has 4 nitrogen and oxygen atoms in total. The first-order valence-electron chi connectivity index (χ1n) is 9.34. The Hall–Kier alpha value is -2.37. The van der Waals surface area contributed by atoms with E-state index in [0.29, 0.717) is 11.5 Å². The molecule has 3 aromatic carbocycles. The minimum Gasteiger partial charge on any atom is -0.493 e. The maximum Gasteiger partial charge on any atom is 0.161 e. The Morgan fingerprint density at radius 2 is 1.70 bits per heavy atom. The highest BCUT2D eigenvalue weighted by atomic mass is 19.1. The molecule has 0 unspecified atom stereocenters. The van der Waals surface area contributed by atoms with Gasteiger partial charge in [-0.2, -0.15) is 0 Å². The van der Waals surface area contributed by atoms with Crippen molar-refractivity contribution in [2.75, 3.05) is 20.8 Å². The quantitative estimate of drug-likeness (QED) is 0.691. The zero-order valence-electron chi connectivity index (χ0n) is 15.5. The average molecular weight is 367 g/mol. The number of rotatable bonds is 2. The summed E-state index contributed by atoms with van der Waals surface area (Å²) in [5.41, 5.74) is 2.04. The lowest BCUT2D eigenvalue weighted by Gasteiger charge is -2.37. The molecule has 2 atom stereocenters. The number of fused-ring (bicyclic) bond motifs is 7. The molecule has 5 heteroatoms. The lowest BCUT2D eigenvalue weighted by molar-refractivity contribution is 0.0552. The van der Waals surface area contributed by atoms with E-state index >= 15 is 0 Å². The van der Waals surface area contributed by atoms with Gasteiger partial charge in [-0.05, 0) is 76.3 Å². The molecule has 0 spiro atoms. The number of aliphatic hydroxyl groups excluding tert-OH is 1. The number of ether oxygens (including phenoxy) is 2. The summed E-state index contributed by atoms with van der Waals surface area (Å²) in [6.45, 7) is 1.79. The second kappa shape index (κ2) is 6.08. The number of hydrogen-bond donors (Lipinski definition) is 1. The van der Waals surface area contributed by atoms with Gasteiger partial charge in [-0.25, -0.2) is 4.39 Å². The van der Waals surface area contributed by atoms with E-state index in [0.717, 1.165) is 58.6 Å². The van der Waals surface area contributed by atoms with Crippen LogP contribution in [0.4, 0.5) is 4.39 Å². The fourth-order valence-electron chi connectivity index (χ4n) is 4.94. The molecule has 0 radical (unpaired) electrons. The van der Waals surface area contributed by atoms with Gasteiger partial charge in [0.1, 0.15) is 5.82 Å². The second-order valence-electron chi connectivity index (χ2n) is 7.46. The van der Waals surface area contributed by atoms with E-state index in [4.69, 9.17) is 9.47 Å². The molecule has 1 fully saturated rings. The third-order valence-corrected chi connectivity index (χ3v) is 6.17. The lowest BCUT2D eigenvalue weighted by Crippen LogP contribution is -2.39. The van der Waals surface area contributed by atoms with Gasteiger partial charge in [-0.3, -0.25) is 4.90 Å². The van der Waals surface area contributed by atoms with E-state index < -0.39 is 6.10 Å². The summed E-state index contributed by atoms with van der Waals surface area (Å²) in [6.07, 6.45) is 1.52. The molecule has 0 saturated carbocycles. The topological polar surface area (TPSA) is 41.9 Å². The molecule has 1 saturated heterocycles. The Morgan fingerprint density at radius 3 is 2.44 bits per heavy atom. The van der Waals surface area contributed by atoms with Crippen molar-refractivity contribution in [1.29, 1.82) is 0 Å². The molecule has 140 valence electrons. The maximum atomic E-state index is 14.1. The van der Waals surface area contributed by atoms with Crippen LogP contribution in [0.25, 0.3) is 21.5 Å². The van der Waals surface area contributed by atoms with Gasteiger partial charge in [0.2, 0.25) is 0 Å². The highest BCUT2D eigenvalue weighted by Crippen LogP contribution is 2.46. The number of methoxy groups -OCH3 is 2. The van der Waals surface area contributed by atoms with Crippen molar-refractivity contribution in [2.45, 2.75) is 31.5 Å². The minimum absolute atomic E-state index is 0.142. The minimum atomic E-state index is -0.568. The molecule has 2 aliphatic heterocycles. The first-order chi connectivity index (χ1) is 13.1. The van der Waals surface area contributed by atoms with Crippen LogP contribution in [0, 0.1) is 5.82 Å². The molecule has 0 aromatic heterocycles. The molecule has 0 aliphatic carbocycles. The Bertz CT molecular complexity index is 1060. The third-order valence-electron chi connectivity index (χ3n) is 6.17. The first-order valence-corrected chi connectivity index (χ1v) is 9.34. The van der Waals surface area contributed by atoms with E-state index in [1.807, 2.05) is 12.1 Å². The predicted octanol–water partition coefficient (Wildman–Crippen LogP) is 4.16. The van der Waals surface area contributed by atoms with Crippen LogP contribution in [0.5, 0.6) is 11.5 Å². The van der Waals surface area contributed by atoms with E-state index in [-0.39, 0.29) is 11.9 Å². The summed E-state index contributed by atoms with van der Waals surface area (Å²) >= 11 is 0. The highest BCUT2D eigenvalue weighted by Gasteiger charge is 2.39. The van der Waals surface area contributed by atoms with Crippen LogP contribution in [-0.4, -0.2) is 36.8 Å². The number of hydrogen-bond acceptors (Lipinski definition) is 4. The Kier molecular flexibility index (Phi) is 3.78. The van der Waals surface area contributed by atoms with Crippen LogP contribution in [0.3, 0.4) is 0 Å². The molecule has 3 aromatic rings. The number of benzene rings is 3. The van der Waals surface area contributed by atoms with E-state index in [9.17, 15) is 9.50 Å². The fourth-order valence-corrected chi connectivity index (χ4v) is 4.94. The van der Waals surface area contributed by atoms with Crippen LogP contribution in [0.2, 0.25) is 0 Å². The zero-order valence-corrected chi connectivity index (χ0v) is 15.5. The number of aliphatic hydroxyl groups is 1. The molecule has 27 heavy (non-hydrogen) atoms. The number of nitrogens with zero attached hydrogens (tertiary/aromatic N) is 1. The monoisotopic (exact) mass is 367 g/mol. The molecule has 2 heterocycles. The molecule has 0 amide bonds. The first kappa shape index (κ1) is 16.8. The summed E-state index contributed by atoms with van der Waals surface area (Å²) in [7, 11) is 3.21. The van der Waals surface area contributed by atoms with Crippen molar-refractivity contribution in [3.63, 3.8) is 0 Å². The van der Waals surface area contributed by atoms with Crippen molar-refractivity contribution in [2.24, 2.45) is 0 Å². The zero-order chi connectivity index (χ0) is 18.7. The summed E-state index contributed by atoms with van der Waals surface area (Å²) in [4.78, 5) is 2.36. The fraction of sp³-hybridized carbons (Fsp3) is 0.364. The smallest absolute Gasteiger partial charge is 0.161 e. The molecule has 5 rings (SSSR count). The van der Waals surface area contributed by atoms with E-state index in [2.05, 4.69) is 4.90 Å². The van der Waals surface area contributed by atoms with Crippen LogP contribution in [0.15, 0.2) is 30.3 Å². The molecular formula is C22H22FNO3. The second-order valence-corrected chi connectivity index (χ2v) is 7.46. The van der Waals surface area contributed by atoms with Gasteiger partial charge < -0.3 is 14.6 Å². The molecule has 2 aliphatic rings. The van der Waals surface area contributed by atoms with Crippen molar-refractivity contribution >= 4 is 21.5 Å². The Labute approximate surface area is 157 Å². The summed E-state index contributed by atoms with van der Waals surface area (Å²) < 4.78 is 25.1. The average Bonchev–Trinajstić information content (AvgIpc) is 3.16. The van der Waals surface area contributed by atoms with Crippen molar-refractivity contribution < 1.29 is 19.0 Å². The molecule has 0 bridgehead atoms. The summed E-state index contributed by atoms with van der Waals surface area (Å²) in [6, 6.07) is 8.84. The van der Waals surface area contributed by atoms with Gasteiger partial charge in [0.15, 0.2) is 11.5 Å². The summed E-state index contributed by atoms with van der Waals surface area (Å²) in [5.74, 6) is 0.971. The van der Waals surface area contributed by atoms with Crippen LogP contribution < -0.4 is 9.47 Å². The Morgan fingerprint density at radius 1 is 1.00 bits per heavy atom. The number of halogens is 1. The highest BCUT2D eigenvalue weighted by molar-refractivity contribution is 6.12. The predicted molar refractivity (Wildman–Crippen MR) is 103 cm³/mol. The van der Waals surface area contributed by atoms with Crippen LogP contribution in [-0.2, 0) is 6.54 Å². The largest absolute Gasteiger partial charge is 0.493 e. The van der Waals surface area contributed by atoms with Gasteiger partial charge in [-0.1, -0.05) is 6.07 Å². The third kappa shape index (κ3) is 2.35. The van der Waals surface area contributed by atoms with Gasteiger partial charge >= 0.3 is 0 Å².